The van der Waals surface area contributed by atoms with Crippen LogP contribution in [-0.4, -0.2) is 13.2 Å². The highest BCUT2D eigenvalue weighted by Crippen LogP contribution is 1.85. The zero-order chi connectivity index (χ0) is 5.70. The van der Waals surface area contributed by atoms with E-state index in [1.54, 1.807) is 0 Å². The molecule has 0 aromatic rings. The van der Waals surface area contributed by atoms with Crippen LogP contribution in [0.25, 0.3) is 0 Å². The summed E-state index contributed by atoms with van der Waals surface area (Å²) in [5.41, 5.74) is 1.05. The second kappa shape index (κ2) is 3.88. The van der Waals surface area contributed by atoms with Crippen molar-refractivity contribution in [2.75, 3.05) is 13.2 Å². The molecule has 0 spiro atoms. The summed E-state index contributed by atoms with van der Waals surface area (Å²) in [5.74, 6) is 0. The van der Waals surface area contributed by atoms with E-state index in [2.05, 4.69) is 13.5 Å². The Bertz CT molecular complexity index is 57.2. The monoisotopic (exact) mass is 99.1 g/mol. The molecule has 0 aromatic carbocycles. The van der Waals surface area contributed by atoms with Crippen molar-refractivity contribution in [1.82, 2.24) is 0 Å². The molecule has 0 atom stereocenters. The summed E-state index contributed by atoms with van der Waals surface area (Å²) in [5, 5.41) is 0. The molecule has 0 aromatic heterocycles. The molecule has 0 aliphatic heterocycles. The van der Waals surface area contributed by atoms with Gasteiger partial charge in [0.15, 0.2) is 0 Å². The Morgan fingerprint density at radius 3 is 2.43 bits per heavy atom. The fourth-order valence-corrected chi connectivity index (χ4v) is 0.246. The third kappa shape index (κ3) is 5.70. The van der Waals surface area contributed by atoms with Crippen LogP contribution in [-0.2, 0) is 4.74 Å². The summed E-state index contributed by atoms with van der Waals surface area (Å²) < 4.78 is 4.88. The van der Waals surface area contributed by atoms with E-state index in [1.165, 1.54) is 0 Å². The average Bonchev–Trinajstić information content (AvgIpc) is 1.61. The highest BCUT2D eigenvalue weighted by atomic mass is 16.5. The van der Waals surface area contributed by atoms with Crippen molar-refractivity contribution < 1.29 is 4.74 Å². The molecule has 7 heavy (non-hydrogen) atoms. The van der Waals surface area contributed by atoms with Crippen molar-refractivity contribution in [1.29, 1.82) is 0 Å². The smallest absolute Gasteiger partial charge is 0.0671 e. The Balaban J connectivity index is 2.82. The Morgan fingerprint density at radius 1 is 1.71 bits per heavy atom. The minimum atomic E-state index is 0.535. The molecule has 0 heterocycles. The molecule has 0 rings (SSSR count). The van der Waals surface area contributed by atoms with E-state index in [0.29, 0.717) is 13.2 Å². The predicted octanol–water partition coefficient (Wildman–Crippen LogP) is 1.41. The zero-order valence-electron chi connectivity index (χ0n) is 4.74. The molecule has 0 saturated carbocycles. The van der Waals surface area contributed by atoms with Crippen molar-refractivity contribution in [3.05, 3.63) is 19.1 Å². The lowest BCUT2D eigenvalue weighted by Gasteiger charge is -1.95. The second-order valence-electron chi connectivity index (χ2n) is 1.51. The molecule has 0 fully saturated rings. The summed E-state index contributed by atoms with van der Waals surface area (Å²) in [4.78, 5) is 0. The zero-order valence-corrected chi connectivity index (χ0v) is 4.74. The number of hydrogen-bond donors (Lipinski definition) is 0. The van der Waals surface area contributed by atoms with E-state index in [-0.39, 0.29) is 0 Å². The summed E-state index contributed by atoms with van der Waals surface area (Å²) in [7, 11) is 0. The van der Waals surface area contributed by atoms with Gasteiger partial charge in [-0.25, -0.2) is 0 Å². The maximum atomic E-state index is 4.88. The maximum Gasteiger partial charge on any atom is 0.0671 e. The minimum Gasteiger partial charge on any atom is -0.377 e. The Hall–Kier alpha value is -0.300. The van der Waals surface area contributed by atoms with Gasteiger partial charge in [-0.3, -0.25) is 0 Å². The standard InChI is InChI=1S/C6H11O/c1-4-7-5-6(2)3/h1-2,4-5H2,3H3. The number of ether oxygens (including phenoxy) is 1. The van der Waals surface area contributed by atoms with Crippen LogP contribution < -0.4 is 0 Å². The van der Waals surface area contributed by atoms with Gasteiger partial charge in [-0.05, 0) is 13.8 Å². The highest BCUT2D eigenvalue weighted by molar-refractivity contribution is 4.87. The van der Waals surface area contributed by atoms with Crippen LogP contribution in [0.4, 0.5) is 0 Å². The molecule has 0 unspecified atom stereocenters. The molecule has 0 amide bonds. The summed E-state index contributed by atoms with van der Waals surface area (Å²) in [6.07, 6.45) is 0. The van der Waals surface area contributed by atoms with E-state index >= 15 is 0 Å². The molecular weight excluding hydrogens is 88.1 g/mol. The minimum absolute atomic E-state index is 0.535. The molecule has 1 heteroatoms. The largest absolute Gasteiger partial charge is 0.377 e. The van der Waals surface area contributed by atoms with Gasteiger partial charge in [-0.15, -0.1) is 0 Å². The lowest BCUT2D eigenvalue weighted by molar-refractivity contribution is 0.186. The van der Waals surface area contributed by atoms with Crippen LogP contribution in [0.1, 0.15) is 6.92 Å². The van der Waals surface area contributed by atoms with Crippen LogP contribution in [0.3, 0.4) is 0 Å². The Labute approximate surface area is 45.0 Å². The molecule has 0 bridgehead atoms. The lowest BCUT2D eigenvalue weighted by atomic mass is 10.4. The van der Waals surface area contributed by atoms with Crippen molar-refractivity contribution >= 4 is 0 Å². The van der Waals surface area contributed by atoms with Crippen molar-refractivity contribution in [2.45, 2.75) is 6.92 Å². The van der Waals surface area contributed by atoms with Gasteiger partial charge in [-0.1, -0.05) is 12.2 Å². The molecule has 41 valence electrons. The van der Waals surface area contributed by atoms with E-state index < -0.39 is 0 Å². The van der Waals surface area contributed by atoms with Gasteiger partial charge in [-0.2, -0.15) is 0 Å². The SMILES string of the molecule is [CH2]COCC(=C)C. The van der Waals surface area contributed by atoms with Gasteiger partial charge < -0.3 is 4.74 Å². The van der Waals surface area contributed by atoms with Crippen LogP contribution >= 0.6 is 0 Å². The van der Waals surface area contributed by atoms with E-state index in [4.69, 9.17) is 4.74 Å². The van der Waals surface area contributed by atoms with Crippen molar-refractivity contribution in [2.24, 2.45) is 0 Å². The van der Waals surface area contributed by atoms with Gasteiger partial charge in [0.1, 0.15) is 0 Å². The van der Waals surface area contributed by atoms with Crippen molar-refractivity contribution in [3.8, 4) is 0 Å². The lowest BCUT2D eigenvalue weighted by Crippen LogP contribution is -1.92. The fraction of sp³-hybridized carbons (Fsp3) is 0.500. The number of hydrogen-bond acceptors (Lipinski definition) is 1. The molecule has 0 aliphatic rings. The van der Waals surface area contributed by atoms with Gasteiger partial charge in [0.2, 0.25) is 0 Å². The summed E-state index contributed by atoms with van der Waals surface area (Å²) >= 11 is 0. The predicted molar refractivity (Wildman–Crippen MR) is 31.0 cm³/mol. The van der Waals surface area contributed by atoms with E-state index in [1.807, 2.05) is 6.92 Å². The summed E-state index contributed by atoms with van der Waals surface area (Å²) in [6.45, 7) is 10.2. The molecule has 0 aliphatic carbocycles. The Morgan fingerprint density at radius 2 is 2.29 bits per heavy atom. The first-order valence-electron chi connectivity index (χ1n) is 2.28. The summed E-state index contributed by atoms with van der Waals surface area (Å²) in [6, 6.07) is 0. The van der Waals surface area contributed by atoms with Crippen molar-refractivity contribution in [3.63, 3.8) is 0 Å². The van der Waals surface area contributed by atoms with Crippen LogP contribution in [0, 0.1) is 6.92 Å². The Kier molecular flexibility index (Phi) is 3.71. The maximum absolute atomic E-state index is 4.88. The first-order chi connectivity index (χ1) is 3.27. The third-order valence-electron chi connectivity index (χ3n) is 0.493. The van der Waals surface area contributed by atoms with Crippen LogP contribution in [0.15, 0.2) is 12.2 Å². The average molecular weight is 99.2 g/mol. The topological polar surface area (TPSA) is 9.23 Å². The first-order valence-corrected chi connectivity index (χ1v) is 2.28. The van der Waals surface area contributed by atoms with Gasteiger partial charge >= 0.3 is 0 Å². The molecule has 1 radical (unpaired) electrons. The second-order valence-corrected chi connectivity index (χ2v) is 1.51. The highest BCUT2D eigenvalue weighted by Gasteiger charge is 1.79. The molecular formula is C6H11O. The normalized spacial score (nSPS) is 8.86. The third-order valence-corrected chi connectivity index (χ3v) is 0.493. The van der Waals surface area contributed by atoms with E-state index in [9.17, 15) is 0 Å². The fourth-order valence-electron chi connectivity index (χ4n) is 0.246. The van der Waals surface area contributed by atoms with Crippen LogP contribution in [0.5, 0.6) is 0 Å². The van der Waals surface area contributed by atoms with Crippen LogP contribution in [0.2, 0.25) is 0 Å². The number of rotatable bonds is 3. The van der Waals surface area contributed by atoms with Gasteiger partial charge in [0, 0.05) is 6.61 Å². The van der Waals surface area contributed by atoms with E-state index in [0.717, 1.165) is 5.57 Å². The molecule has 1 nitrogen and oxygen atoms in total. The quantitative estimate of drug-likeness (QED) is 0.486. The van der Waals surface area contributed by atoms with Gasteiger partial charge in [0.25, 0.3) is 0 Å². The van der Waals surface area contributed by atoms with Gasteiger partial charge in [0.05, 0.1) is 6.61 Å². The first kappa shape index (κ1) is 6.70. The molecule has 0 saturated heterocycles. The molecule has 0 N–H and O–H groups in total.